The molecule has 0 fully saturated rings. The van der Waals surface area contributed by atoms with Gasteiger partial charge in [0.05, 0.1) is 11.4 Å². The van der Waals surface area contributed by atoms with Crippen LogP contribution < -0.4 is 16.8 Å². The molecule has 0 spiro atoms. The van der Waals surface area contributed by atoms with E-state index in [4.69, 9.17) is 16.6 Å². The number of nitrogen functional groups attached to an aromatic ring is 1. The van der Waals surface area contributed by atoms with Gasteiger partial charge in [-0.2, -0.15) is 0 Å². The minimum absolute atomic E-state index is 0.0649. The van der Waals surface area contributed by atoms with Crippen molar-refractivity contribution in [3.8, 4) is 0 Å². The topological polar surface area (TPSA) is 101 Å². The zero-order valence-corrected chi connectivity index (χ0v) is 8.83. The summed E-state index contributed by atoms with van der Waals surface area (Å²) in [5, 5.41) is 11.9. The van der Waals surface area contributed by atoms with Crippen molar-refractivity contribution in [2.24, 2.45) is 5.73 Å². The predicted octanol–water partition coefficient (Wildman–Crippen LogP) is -0.0256. The number of hydrogen-bond donors (Lipinski definition) is 4. The fourth-order valence-electron chi connectivity index (χ4n) is 1.16. The van der Waals surface area contributed by atoms with E-state index in [1.165, 1.54) is 12.1 Å². The summed E-state index contributed by atoms with van der Waals surface area (Å²) >= 11 is 0. The van der Waals surface area contributed by atoms with E-state index in [0.29, 0.717) is 11.3 Å². The lowest BCUT2D eigenvalue weighted by Crippen LogP contribution is -2.34. The molecule has 6 heteroatoms. The number of halogens is 1. The minimum atomic E-state index is -1.30. The standard InChI is InChI=1S/C10H14FN3O2/c1-5-2-8(7(12)3-6(5)11)14-4-9(15)10(13)16/h2-3,9,14-15H,4,12H2,1H3,(H2,13,16). The van der Waals surface area contributed by atoms with Crippen molar-refractivity contribution >= 4 is 17.3 Å². The van der Waals surface area contributed by atoms with Gasteiger partial charge in [0.2, 0.25) is 5.91 Å². The van der Waals surface area contributed by atoms with Crippen LogP contribution in [0.5, 0.6) is 0 Å². The molecule has 0 bridgehead atoms. The van der Waals surface area contributed by atoms with Gasteiger partial charge in [-0.25, -0.2) is 4.39 Å². The molecule has 0 aromatic heterocycles. The number of amides is 1. The number of hydrogen-bond acceptors (Lipinski definition) is 4. The van der Waals surface area contributed by atoms with Gasteiger partial charge in [0, 0.05) is 6.54 Å². The lowest BCUT2D eigenvalue weighted by atomic mass is 10.1. The fourth-order valence-corrected chi connectivity index (χ4v) is 1.16. The highest BCUT2D eigenvalue weighted by Gasteiger charge is 2.11. The number of carbonyl (C=O) groups is 1. The van der Waals surface area contributed by atoms with E-state index < -0.39 is 17.8 Å². The summed E-state index contributed by atoms with van der Waals surface area (Å²) in [6.07, 6.45) is -1.30. The first-order chi connectivity index (χ1) is 7.41. The van der Waals surface area contributed by atoms with Crippen molar-refractivity contribution in [1.29, 1.82) is 0 Å². The van der Waals surface area contributed by atoms with Crippen LogP contribution in [0.25, 0.3) is 0 Å². The quantitative estimate of drug-likeness (QED) is 0.543. The van der Waals surface area contributed by atoms with Gasteiger partial charge in [0.15, 0.2) is 0 Å². The molecule has 1 aromatic rings. The van der Waals surface area contributed by atoms with Gasteiger partial charge >= 0.3 is 0 Å². The van der Waals surface area contributed by atoms with Gasteiger partial charge in [-0.05, 0) is 24.6 Å². The van der Waals surface area contributed by atoms with E-state index in [1.54, 1.807) is 6.92 Å². The monoisotopic (exact) mass is 227 g/mol. The highest BCUT2D eigenvalue weighted by atomic mass is 19.1. The molecule has 16 heavy (non-hydrogen) atoms. The molecule has 1 amide bonds. The zero-order chi connectivity index (χ0) is 12.3. The molecule has 0 aliphatic carbocycles. The molecule has 1 aromatic carbocycles. The molecular weight excluding hydrogens is 213 g/mol. The molecule has 1 unspecified atom stereocenters. The smallest absolute Gasteiger partial charge is 0.248 e. The Balaban J connectivity index is 2.74. The number of nitrogens with one attached hydrogen (secondary N) is 1. The first kappa shape index (κ1) is 12.3. The van der Waals surface area contributed by atoms with Crippen LogP contribution in [0.1, 0.15) is 5.56 Å². The molecule has 0 heterocycles. The number of carbonyl (C=O) groups excluding carboxylic acids is 1. The maximum absolute atomic E-state index is 13.1. The molecule has 0 radical (unpaired) electrons. The SMILES string of the molecule is Cc1cc(NCC(O)C(N)=O)c(N)cc1F. The minimum Gasteiger partial charge on any atom is -0.397 e. The van der Waals surface area contributed by atoms with Crippen molar-refractivity contribution in [2.75, 3.05) is 17.6 Å². The highest BCUT2D eigenvalue weighted by molar-refractivity contribution is 5.79. The fraction of sp³-hybridized carbons (Fsp3) is 0.300. The highest BCUT2D eigenvalue weighted by Crippen LogP contribution is 2.22. The number of aryl methyl sites for hydroxylation is 1. The van der Waals surface area contributed by atoms with Crippen LogP contribution >= 0.6 is 0 Å². The van der Waals surface area contributed by atoms with E-state index in [0.717, 1.165) is 0 Å². The molecule has 5 nitrogen and oxygen atoms in total. The lowest BCUT2D eigenvalue weighted by Gasteiger charge is -2.12. The molecular formula is C10H14FN3O2. The van der Waals surface area contributed by atoms with Gasteiger partial charge in [0.25, 0.3) is 0 Å². The van der Waals surface area contributed by atoms with Crippen LogP contribution in [0.2, 0.25) is 0 Å². The predicted molar refractivity (Wildman–Crippen MR) is 59.2 cm³/mol. The van der Waals surface area contributed by atoms with E-state index in [-0.39, 0.29) is 12.2 Å². The van der Waals surface area contributed by atoms with Gasteiger partial charge in [-0.15, -0.1) is 0 Å². The van der Waals surface area contributed by atoms with Crippen LogP contribution in [0.4, 0.5) is 15.8 Å². The Bertz CT molecular complexity index is 409. The third-order valence-corrected chi connectivity index (χ3v) is 2.15. The largest absolute Gasteiger partial charge is 0.397 e. The number of aliphatic hydroxyl groups excluding tert-OH is 1. The Morgan fingerprint density at radius 1 is 1.62 bits per heavy atom. The Hall–Kier alpha value is -1.82. The summed E-state index contributed by atoms with van der Waals surface area (Å²) in [7, 11) is 0. The molecule has 6 N–H and O–H groups in total. The molecule has 88 valence electrons. The summed E-state index contributed by atoms with van der Waals surface area (Å²) < 4.78 is 13.1. The second-order valence-electron chi connectivity index (χ2n) is 3.49. The number of rotatable bonds is 4. The summed E-state index contributed by atoms with van der Waals surface area (Å²) in [5.74, 6) is -1.23. The normalized spacial score (nSPS) is 12.2. The van der Waals surface area contributed by atoms with Crippen LogP contribution in [-0.4, -0.2) is 23.7 Å². The van der Waals surface area contributed by atoms with Gasteiger partial charge in [-0.3, -0.25) is 4.79 Å². The third-order valence-electron chi connectivity index (χ3n) is 2.15. The summed E-state index contributed by atoms with van der Waals surface area (Å²) in [5.41, 5.74) is 11.5. The van der Waals surface area contributed by atoms with Crippen LogP contribution in [-0.2, 0) is 4.79 Å². The summed E-state index contributed by atoms with van der Waals surface area (Å²) in [6.45, 7) is 1.52. The third kappa shape index (κ3) is 2.83. The Labute approximate surface area is 92.2 Å². The second kappa shape index (κ2) is 4.80. The van der Waals surface area contributed by atoms with Crippen LogP contribution in [0.3, 0.4) is 0 Å². The second-order valence-corrected chi connectivity index (χ2v) is 3.49. The van der Waals surface area contributed by atoms with Crippen molar-refractivity contribution in [3.63, 3.8) is 0 Å². The van der Waals surface area contributed by atoms with Gasteiger partial charge < -0.3 is 21.9 Å². The Morgan fingerprint density at radius 2 is 2.25 bits per heavy atom. The molecule has 0 saturated carbocycles. The summed E-state index contributed by atoms with van der Waals surface area (Å²) in [6, 6.07) is 2.67. The molecule has 0 aliphatic heterocycles. The van der Waals surface area contributed by atoms with Gasteiger partial charge in [0.1, 0.15) is 11.9 Å². The van der Waals surface area contributed by atoms with E-state index in [9.17, 15) is 9.18 Å². The number of aliphatic hydroxyl groups is 1. The first-order valence-corrected chi connectivity index (χ1v) is 4.68. The maximum atomic E-state index is 13.1. The lowest BCUT2D eigenvalue weighted by molar-refractivity contribution is -0.125. The van der Waals surface area contributed by atoms with E-state index in [1.807, 2.05) is 0 Å². The average molecular weight is 227 g/mol. The molecule has 0 saturated heterocycles. The van der Waals surface area contributed by atoms with E-state index in [2.05, 4.69) is 5.32 Å². The van der Waals surface area contributed by atoms with E-state index >= 15 is 0 Å². The van der Waals surface area contributed by atoms with Crippen molar-refractivity contribution in [3.05, 3.63) is 23.5 Å². The number of benzene rings is 1. The van der Waals surface area contributed by atoms with Gasteiger partial charge in [-0.1, -0.05) is 0 Å². The number of primary amides is 1. The number of anilines is 2. The van der Waals surface area contributed by atoms with Crippen LogP contribution in [0.15, 0.2) is 12.1 Å². The number of nitrogens with two attached hydrogens (primary N) is 2. The first-order valence-electron chi connectivity index (χ1n) is 4.68. The van der Waals surface area contributed by atoms with Crippen LogP contribution in [0, 0.1) is 12.7 Å². The Kier molecular flexibility index (Phi) is 3.68. The maximum Gasteiger partial charge on any atom is 0.248 e. The Morgan fingerprint density at radius 3 is 2.81 bits per heavy atom. The van der Waals surface area contributed by atoms with Crippen molar-refractivity contribution in [2.45, 2.75) is 13.0 Å². The molecule has 1 rings (SSSR count). The van der Waals surface area contributed by atoms with Crippen molar-refractivity contribution < 1.29 is 14.3 Å². The zero-order valence-electron chi connectivity index (χ0n) is 8.83. The average Bonchev–Trinajstić information content (AvgIpc) is 2.20. The van der Waals surface area contributed by atoms with Crippen molar-refractivity contribution in [1.82, 2.24) is 0 Å². The molecule has 0 aliphatic rings. The summed E-state index contributed by atoms with van der Waals surface area (Å²) in [4.78, 5) is 10.6. The molecule has 1 atom stereocenters.